The van der Waals surface area contributed by atoms with Crippen molar-refractivity contribution in [3.8, 4) is 16.8 Å². The van der Waals surface area contributed by atoms with E-state index in [0.717, 1.165) is 5.69 Å². The predicted molar refractivity (Wildman–Crippen MR) is 146 cm³/mol. The zero-order valence-corrected chi connectivity index (χ0v) is 19.4. The number of hydrogen-bond donors (Lipinski definition) is 1. The van der Waals surface area contributed by atoms with Crippen molar-refractivity contribution in [3.63, 3.8) is 0 Å². The topological polar surface area (TPSA) is 20.2 Å². The second-order valence-electron chi connectivity index (χ2n) is 8.73. The fourth-order valence-corrected chi connectivity index (χ4v) is 5.07. The zero-order valence-electron chi connectivity index (χ0n) is 19.4. The van der Waals surface area contributed by atoms with Gasteiger partial charge >= 0.3 is 0 Å². The maximum atomic E-state index is 3.74. The largest absolute Gasteiger partial charge is 0.361 e. The van der Waals surface area contributed by atoms with Crippen LogP contribution in [0.1, 0.15) is 6.92 Å². The zero-order chi connectivity index (χ0) is 23.1. The first kappa shape index (κ1) is 20.4. The first-order chi connectivity index (χ1) is 16.8. The first-order valence-corrected chi connectivity index (χ1v) is 11.8. The minimum atomic E-state index is 0.0330. The fourth-order valence-electron chi connectivity index (χ4n) is 5.07. The summed E-state index contributed by atoms with van der Waals surface area (Å²) in [5.41, 5.74) is 8.44. The van der Waals surface area contributed by atoms with Crippen LogP contribution in [0.25, 0.3) is 38.6 Å². The Bertz CT molecular complexity index is 1560. The maximum Gasteiger partial charge on any atom is 0.118 e. The number of allylic oxidation sites excluding steroid dienone is 3. The van der Waals surface area contributed by atoms with E-state index < -0.39 is 0 Å². The van der Waals surface area contributed by atoms with Gasteiger partial charge in [-0.05, 0) is 49.4 Å². The molecule has 0 radical (unpaired) electrons. The highest BCUT2D eigenvalue weighted by Crippen LogP contribution is 2.44. The van der Waals surface area contributed by atoms with Crippen molar-refractivity contribution in [1.82, 2.24) is 4.57 Å². The van der Waals surface area contributed by atoms with E-state index in [1.54, 1.807) is 0 Å². The molecule has 3 nitrogen and oxygen atoms in total. The van der Waals surface area contributed by atoms with Gasteiger partial charge in [0, 0.05) is 46.0 Å². The lowest BCUT2D eigenvalue weighted by Gasteiger charge is -2.28. The summed E-state index contributed by atoms with van der Waals surface area (Å²) in [6, 6.07) is 32.7. The van der Waals surface area contributed by atoms with Crippen LogP contribution in [0.15, 0.2) is 115 Å². The van der Waals surface area contributed by atoms with Crippen molar-refractivity contribution in [3.05, 3.63) is 115 Å². The highest BCUT2D eigenvalue weighted by molar-refractivity contribution is 6.13. The van der Waals surface area contributed by atoms with Crippen LogP contribution >= 0.6 is 0 Å². The normalized spacial score (nSPS) is 15.6. The van der Waals surface area contributed by atoms with E-state index in [-0.39, 0.29) is 6.17 Å². The highest BCUT2D eigenvalue weighted by atomic mass is 15.3. The van der Waals surface area contributed by atoms with Crippen LogP contribution in [0.3, 0.4) is 0 Å². The van der Waals surface area contributed by atoms with Gasteiger partial charge in [0.1, 0.15) is 6.17 Å². The summed E-state index contributed by atoms with van der Waals surface area (Å²) in [5, 5.41) is 6.28. The maximum absolute atomic E-state index is 3.74. The Morgan fingerprint density at radius 3 is 2.35 bits per heavy atom. The molecule has 166 valence electrons. The van der Waals surface area contributed by atoms with Crippen LogP contribution in [-0.2, 0) is 0 Å². The SMILES string of the molecule is C/C=C/C=C\C1Nc2ccccc2-c2cc3c4ccccc4n(-c4ccccc4)c3cc2N1C. The van der Waals surface area contributed by atoms with Gasteiger partial charge in [0.2, 0.25) is 0 Å². The summed E-state index contributed by atoms with van der Waals surface area (Å²) in [5.74, 6) is 0. The molecular weight excluding hydrogens is 414 g/mol. The lowest BCUT2D eigenvalue weighted by Crippen LogP contribution is -2.35. The van der Waals surface area contributed by atoms with Gasteiger partial charge in [-0.15, -0.1) is 0 Å². The number of aromatic nitrogens is 1. The summed E-state index contributed by atoms with van der Waals surface area (Å²) in [6.45, 7) is 2.04. The molecule has 1 N–H and O–H groups in total. The lowest BCUT2D eigenvalue weighted by molar-refractivity contribution is 0.844. The molecule has 0 saturated carbocycles. The Balaban J connectivity index is 1.69. The van der Waals surface area contributed by atoms with E-state index in [9.17, 15) is 0 Å². The minimum Gasteiger partial charge on any atom is -0.361 e. The average Bonchev–Trinajstić information content (AvgIpc) is 3.15. The van der Waals surface area contributed by atoms with Crippen LogP contribution in [0.4, 0.5) is 11.4 Å². The number of hydrogen-bond acceptors (Lipinski definition) is 2. The Morgan fingerprint density at radius 1 is 0.735 bits per heavy atom. The molecule has 0 saturated heterocycles. The standard InChI is InChI=1S/C31H27N3/c1-3-4-6-19-31-32-27-17-11-9-15-23(27)25-20-26-24-16-10-12-18-28(24)34(22-13-7-5-8-14-22)30(26)21-29(25)33(31)2/h3-21,31-32H,1-2H3/b4-3+,19-6-. The van der Waals surface area contributed by atoms with Gasteiger partial charge in [-0.3, -0.25) is 0 Å². The Labute approximate surface area is 200 Å². The number of rotatable bonds is 3. The molecule has 1 atom stereocenters. The molecule has 1 unspecified atom stereocenters. The third kappa shape index (κ3) is 3.20. The van der Waals surface area contributed by atoms with E-state index >= 15 is 0 Å². The van der Waals surface area contributed by atoms with Crippen LogP contribution < -0.4 is 10.2 Å². The predicted octanol–water partition coefficient (Wildman–Crippen LogP) is 7.77. The summed E-state index contributed by atoms with van der Waals surface area (Å²) in [7, 11) is 2.17. The molecule has 2 heterocycles. The van der Waals surface area contributed by atoms with Gasteiger partial charge in [-0.1, -0.05) is 72.8 Å². The molecule has 0 bridgehead atoms. The van der Waals surface area contributed by atoms with Crippen molar-refractivity contribution >= 4 is 33.2 Å². The second kappa shape index (κ2) is 8.27. The smallest absolute Gasteiger partial charge is 0.118 e. The third-order valence-electron chi connectivity index (χ3n) is 6.72. The van der Waals surface area contributed by atoms with Gasteiger partial charge in [-0.25, -0.2) is 0 Å². The van der Waals surface area contributed by atoms with Gasteiger partial charge in [0.05, 0.1) is 11.0 Å². The summed E-state index contributed by atoms with van der Waals surface area (Å²) >= 11 is 0. The van der Waals surface area contributed by atoms with Crippen LogP contribution in [0.5, 0.6) is 0 Å². The molecule has 5 aromatic rings. The highest BCUT2D eigenvalue weighted by Gasteiger charge is 2.25. The van der Waals surface area contributed by atoms with Crippen molar-refractivity contribution in [2.45, 2.75) is 13.1 Å². The molecule has 0 amide bonds. The van der Waals surface area contributed by atoms with E-state index in [2.05, 4.69) is 137 Å². The Kier molecular flexibility index (Phi) is 4.96. The molecule has 6 rings (SSSR count). The molecule has 1 aromatic heterocycles. The fraction of sp³-hybridized carbons (Fsp3) is 0.0968. The molecule has 4 aromatic carbocycles. The minimum absolute atomic E-state index is 0.0330. The summed E-state index contributed by atoms with van der Waals surface area (Å²) < 4.78 is 2.38. The number of likely N-dealkylation sites (N-methyl/N-ethyl adjacent to an activating group) is 1. The van der Waals surface area contributed by atoms with Gasteiger partial charge in [0.15, 0.2) is 0 Å². The van der Waals surface area contributed by atoms with Gasteiger partial charge in [0.25, 0.3) is 0 Å². The lowest BCUT2D eigenvalue weighted by atomic mass is 9.99. The van der Waals surface area contributed by atoms with Gasteiger partial charge in [-0.2, -0.15) is 0 Å². The number of benzene rings is 4. The Morgan fingerprint density at radius 2 is 1.50 bits per heavy atom. The molecule has 34 heavy (non-hydrogen) atoms. The average molecular weight is 442 g/mol. The number of fused-ring (bicyclic) bond motifs is 6. The molecule has 0 spiro atoms. The van der Waals surface area contributed by atoms with Crippen LogP contribution in [0.2, 0.25) is 0 Å². The van der Waals surface area contributed by atoms with E-state index in [0.29, 0.717) is 0 Å². The van der Waals surface area contributed by atoms with Crippen molar-refractivity contribution in [1.29, 1.82) is 0 Å². The third-order valence-corrected chi connectivity index (χ3v) is 6.72. The van der Waals surface area contributed by atoms with E-state index in [1.807, 2.05) is 6.92 Å². The molecule has 1 aliphatic heterocycles. The summed E-state index contributed by atoms with van der Waals surface area (Å²) in [6.07, 6.45) is 8.48. The number of para-hydroxylation sites is 3. The number of nitrogens with zero attached hydrogens (tertiary/aromatic N) is 2. The number of nitrogens with one attached hydrogen (secondary N) is 1. The second-order valence-corrected chi connectivity index (χ2v) is 8.73. The monoisotopic (exact) mass is 441 g/mol. The molecule has 0 fully saturated rings. The number of anilines is 2. The molecule has 3 heteroatoms. The van der Waals surface area contributed by atoms with Crippen molar-refractivity contribution < 1.29 is 0 Å². The Hall–Kier alpha value is -4.24. The quantitative estimate of drug-likeness (QED) is 0.289. The van der Waals surface area contributed by atoms with Crippen LogP contribution in [0, 0.1) is 0 Å². The molecular formula is C31H27N3. The van der Waals surface area contributed by atoms with Crippen LogP contribution in [-0.4, -0.2) is 17.8 Å². The van der Waals surface area contributed by atoms with Crippen molar-refractivity contribution in [2.24, 2.45) is 0 Å². The first-order valence-electron chi connectivity index (χ1n) is 11.8. The van der Waals surface area contributed by atoms with E-state index in [1.165, 1.54) is 44.3 Å². The molecule has 0 aliphatic carbocycles. The summed E-state index contributed by atoms with van der Waals surface area (Å²) in [4.78, 5) is 2.34. The van der Waals surface area contributed by atoms with Gasteiger partial charge < -0.3 is 14.8 Å². The van der Waals surface area contributed by atoms with Crippen molar-refractivity contribution in [2.75, 3.05) is 17.3 Å². The van der Waals surface area contributed by atoms with E-state index in [4.69, 9.17) is 0 Å². The molecule has 1 aliphatic rings.